The fraction of sp³-hybridized carbons (Fsp3) is 0.350. The monoisotopic (exact) mass is 311 g/mol. The first-order chi connectivity index (χ1) is 10.9. The molecule has 1 N–H and O–H groups in total. The lowest BCUT2D eigenvalue weighted by atomic mass is 10.1. The third kappa shape index (κ3) is 4.35. The number of benzene rings is 2. The lowest BCUT2D eigenvalue weighted by Crippen LogP contribution is -2.32. The van der Waals surface area contributed by atoms with Crippen LogP contribution in [-0.4, -0.2) is 12.0 Å². The number of aryl methyl sites for hydroxylation is 3. The molecular formula is C20H25NO2. The molecule has 2 rings (SSSR count). The van der Waals surface area contributed by atoms with E-state index in [1.54, 1.807) is 0 Å². The van der Waals surface area contributed by atoms with E-state index < -0.39 is 6.10 Å². The van der Waals surface area contributed by atoms with Crippen molar-refractivity contribution in [3.63, 3.8) is 0 Å². The van der Waals surface area contributed by atoms with Crippen LogP contribution in [0.25, 0.3) is 0 Å². The van der Waals surface area contributed by atoms with E-state index in [0.717, 1.165) is 33.7 Å². The van der Waals surface area contributed by atoms with Crippen LogP contribution >= 0.6 is 0 Å². The van der Waals surface area contributed by atoms with Crippen LogP contribution in [0.15, 0.2) is 36.4 Å². The van der Waals surface area contributed by atoms with E-state index in [0.29, 0.717) is 6.42 Å². The summed E-state index contributed by atoms with van der Waals surface area (Å²) in [5.41, 5.74) is 5.35. The molecule has 3 nitrogen and oxygen atoms in total. The summed E-state index contributed by atoms with van der Waals surface area (Å²) >= 11 is 0. The molecule has 0 unspecified atom stereocenters. The van der Waals surface area contributed by atoms with Gasteiger partial charge in [0.05, 0.1) is 0 Å². The first-order valence-electron chi connectivity index (χ1n) is 8.02. The minimum absolute atomic E-state index is 0.111. The molecule has 0 aliphatic carbocycles. The average molecular weight is 311 g/mol. The number of carbonyl (C=O) groups excluding carboxylic acids is 1. The van der Waals surface area contributed by atoms with Gasteiger partial charge in [-0.1, -0.05) is 25.1 Å². The Balaban J connectivity index is 2.13. The summed E-state index contributed by atoms with van der Waals surface area (Å²) < 4.78 is 5.92. The summed E-state index contributed by atoms with van der Waals surface area (Å²) in [5.74, 6) is 0.630. The Morgan fingerprint density at radius 2 is 1.74 bits per heavy atom. The Bertz CT molecular complexity index is 687. The molecule has 0 heterocycles. The molecule has 2 aromatic rings. The van der Waals surface area contributed by atoms with Crippen LogP contribution in [0, 0.1) is 27.7 Å². The van der Waals surface area contributed by atoms with Crippen LogP contribution in [0.4, 0.5) is 5.69 Å². The maximum Gasteiger partial charge on any atom is 0.265 e. The van der Waals surface area contributed by atoms with Crippen molar-refractivity contribution in [3.05, 3.63) is 58.7 Å². The van der Waals surface area contributed by atoms with Crippen molar-refractivity contribution in [1.29, 1.82) is 0 Å². The van der Waals surface area contributed by atoms with Crippen molar-refractivity contribution >= 4 is 11.6 Å². The number of carbonyl (C=O) groups is 1. The van der Waals surface area contributed by atoms with Gasteiger partial charge in [0.25, 0.3) is 5.91 Å². The van der Waals surface area contributed by atoms with Crippen LogP contribution in [0.1, 0.15) is 35.6 Å². The Morgan fingerprint density at radius 1 is 1.09 bits per heavy atom. The summed E-state index contributed by atoms with van der Waals surface area (Å²) in [6.07, 6.45) is 0.111. The molecule has 0 aliphatic rings. The second kappa shape index (κ2) is 7.32. The van der Waals surface area contributed by atoms with Crippen LogP contribution in [0.3, 0.4) is 0 Å². The fourth-order valence-corrected chi connectivity index (χ4v) is 2.59. The van der Waals surface area contributed by atoms with E-state index in [4.69, 9.17) is 4.74 Å². The van der Waals surface area contributed by atoms with Gasteiger partial charge in [0.15, 0.2) is 6.10 Å². The molecule has 2 aromatic carbocycles. The second-order valence-corrected chi connectivity index (χ2v) is 6.07. The highest BCUT2D eigenvalue weighted by atomic mass is 16.5. The van der Waals surface area contributed by atoms with Crippen molar-refractivity contribution in [1.82, 2.24) is 0 Å². The molecule has 0 fully saturated rings. The minimum Gasteiger partial charge on any atom is -0.481 e. The van der Waals surface area contributed by atoms with Gasteiger partial charge in [-0.15, -0.1) is 0 Å². The number of nitrogens with one attached hydrogen (secondary N) is 1. The number of ether oxygens (including phenoxy) is 1. The zero-order valence-corrected chi connectivity index (χ0v) is 14.6. The number of anilines is 1. The second-order valence-electron chi connectivity index (χ2n) is 6.07. The normalized spacial score (nSPS) is 11.9. The number of rotatable bonds is 5. The molecule has 0 saturated heterocycles. The Hall–Kier alpha value is -2.29. The minimum atomic E-state index is -0.504. The van der Waals surface area contributed by atoms with Crippen molar-refractivity contribution in [2.24, 2.45) is 0 Å². The van der Waals surface area contributed by atoms with Gasteiger partial charge in [-0.2, -0.15) is 0 Å². The van der Waals surface area contributed by atoms with Gasteiger partial charge in [0.2, 0.25) is 0 Å². The van der Waals surface area contributed by atoms with E-state index in [9.17, 15) is 4.79 Å². The molecule has 1 amide bonds. The van der Waals surface area contributed by atoms with Crippen molar-refractivity contribution in [2.75, 3.05) is 5.32 Å². The molecule has 0 bridgehead atoms. The Kier molecular flexibility index (Phi) is 5.43. The SMILES string of the molecule is CC[C@@H](Oc1cc(C)cc(C)c1)C(=O)Nc1cccc(C)c1C. The molecule has 0 spiro atoms. The van der Waals surface area contributed by atoms with Gasteiger partial charge >= 0.3 is 0 Å². The standard InChI is InChI=1S/C20H25NO2/c1-6-19(23-17-11-13(2)10-14(3)12-17)20(22)21-18-9-7-8-15(4)16(18)5/h7-12,19H,6H2,1-5H3,(H,21,22)/t19-/m1/s1. The maximum atomic E-state index is 12.5. The first-order valence-corrected chi connectivity index (χ1v) is 8.02. The average Bonchev–Trinajstić information content (AvgIpc) is 2.48. The molecule has 0 aliphatic heterocycles. The predicted molar refractivity (Wildman–Crippen MR) is 95.2 cm³/mol. The predicted octanol–water partition coefficient (Wildman–Crippen LogP) is 4.72. The molecule has 122 valence electrons. The number of amides is 1. The fourth-order valence-electron chi connectivity index (χ4n) is 2.59. The highest BCUT2D eigenvalue weighted by Gasteiger charge is 2.19. The highest BCUT2D eigenvalue weighted by Crippen LogP contribution is 2.21. The topological polar surface area (TPSA) is 38.3 Å². The van der Waals surface area contributed by atoms with Crippen LogP contribution in [-0.2, 0) is 4.79 Å². The number of hydrogen-bond donors (Lipinski definition) is 1. The Labute approximate surface area is 138 Å². The number of hydrogen-bond acceptors (Lipinski definition) is 2. The molecule has 0 saturated carbocycles. The lowest BCUT2D eigenvalue weighted by Gasteiger charge is -2.19. The van der Waals surface area contributed by atoms with Gasteiger partial charge in [0.1, 0.15) is 5.75 Å². The zero-order chi connectivity index (χ0) is 17.0. The summed E-state index contributed by atoms with van der Waals surface area (Å²) in [4.78, 5) is 12.5. The molecule has 0 aromatic heterocycles. The van der Waals surface area contributed by atoms with Crippen LogP contribution < -0.4 is 10.1 Å². The smallest absolute Gasteiger partial charge is 0.265 e. The summed E-state index contributed by atoms with van der Waals surface area (Å²) in [5, 5.41) is 2.99. The summed E-state index contributed by atoms with van der Waals surface area (Å²) in [6, 6.07) is 11.9. The summed E-state index contributed by atoms with van der Waals surface area (Å²) in [7, 11) is 0. The lowest BCUT2D eigenvalue weighted by molar-refractivity contribution is -0.122. The van der Waals surface area contributed by atoms with Crippen LogP contribution in [0.5, 0.6) is 5.75 Å². The third-order valence-corrected chi connectivity index (χ3v) is 4.00. The maximum absolute atomic E-state index is 12.5. The summed E-state index contributed by atoms with van der Waals surface area (Å²) in [6.45, 7) is 10.1. The molecular weight excluding hydrogens is 286 g/mol. The quantitative estimate of drug-likeness (QED) is 0.868. The van der Waals surface area contributed by atoms with Gasteiger partial charge in [-0.05, 0) is 74.6 Å². The van der Waals surface area contributed by atoms with E-state index in [-0.39, 0.29) is 5.91 Å². The van der Waals surface area contributed by atoms with Gasteiger partial charge in [0, 0.05) is 5.69 Å². The van der Waals surface area contributed by atoms with Crippen LogP contribution in [0.2, 0.25) is 0 Å². The first kappa shape index (κ1) is 17.1. The third-order valence-electron chi connectivity index (χ3n) is 4.00. The van der Waals surface area contributed by atoms with Gasteiger partial charge < -0.3 is 10.1 Å². The molecule has 1 atom stereocenters. The van der Waals surface area contributed by atoms with Crippen molar-refractivity contribution < 1.29 is 9.53 Å². The zero-order valence-electron chi connectivity index (χ0n) is 14.6. The van der Waals surface area contributed by atoms with E-state index in [1.165, 1.54) is 0 Å². The highest BCUT2D eigenvalue weighted by molar-refractivity contribution is 5.95. The van der Waals surface area contributed by atoms with Crippen molar-refractivity contribution in [3.8, 4) is 5.75 Å². The van der Waals surface area contributed by atoms with E-state index >= 15 is 0 Å². The molecule has 3 heteroatoms. The molecule has 23 heavy (non-hydrogen) atoms. The van der Waals surface area contributed by atoms with Gasteiger partial charge in [-0.3, -0.25) is 4.79 Å². The molecule has 0 radical (unpaired) electrons. The van der Waals surface area contributed by atoms with E-state index in [1.807, 2.05) is 65.0 Å². The van der Waals surface area contributed by atoms with Crippen molar-refractivity contribution in [2.45, 2.75) is 47.1 Å². The van der Waals surface area contributed by atoms with Gasteiger partial charge in [-0.25, -0.2) is 0 Å². The Morgan fingerprint density at radius 3 is 2.35 bits per heavy atom. The van der Waals surface area contributed by atoms with E-state index in [2.05, 4.69) is 11.4 Å². The largest absolute Gasteiger partial charge is 0.481 e.